The molecule has 0 spiro atoms. The van der Waals surface area contributed by atoms with Crippen LogP contribution >= 0.6 is 11.6 Å². The van der Waals surface area contributed by atoms with Crippen molar-refractivity contribution in [3.05, 3.63) is 70.8 Å². The lowest BCUT2D eigenvalue weighted by Crippen LogP contribution is -2.24. The monoisotopic (exact) mass is 437 g/mol. The van der Waals surface area contributed by atoms with Crippen LogP contribution in [0.4, 0.5) is 4.39 Å². The summed E-state index contributed by atoms with van der Waals surface area (Å²) in [5.41, 5.74) is 1.45. The van der Waals surface area contributed by atoms with E-state index in [1.54, 1.807) is 17.9 Å². The Kier molecular flexibility index (Phi) is 6.36. The van der Waals surface area contributed by atoms with E-state index >= 15 is 0 Å². The van der Waals surface area contributed by atoms with E-state index in [1.165, 1.54) is 12.4 Å². The van der Waals surface area contributed by atoms with Gasteiger partial charge in [-0.1, -0.05) is 11.6 Å². The Morgan fingerprint density at radius 2 is 2.03 bits per heavy atom. The van der Waals surface area contributed by atoms with Crippen molar-refractivity contribution in [1.29, 1.82) is 0 Å². The molecule has 0 amide bonds. The molecule has 0 bridgehead atoms. The Balaban J connectivity index is 1.59. The van der Waals surface area contributed by atoms with Gasteiger partial charge in [0.1, 0.15) is 11.5 Å². The molecule has 1 N–H and O–H groups in total. The normalized spacial score (nSPS) is 11.6. The van der Waals surface area contributed by atoms with Gasteiger partial charge < -0.3 is 0 Å². The minimum absolute atomic E-state index is 0.145. The summed E-state index contributed by atoms with van der Waals surface area (Å²) in [5.74, 6) is -0.882. The number of benzene rings is 1. The third-order valence-corrected chi connectivity index (χ3v) is 5.85. The summed E-state index contributed by atoms with van der Waals surface area (Å²) in [7, 11) is -2.11. The molecular weight excluding hydrogens is 421 g/mol. The van der Waals surface area contributed by atoms with Gasteiger partial charge in [0.05, 0.1) is 34.6 Å². The van der Waals surface area contributed by atoms with Gasteiger partial charge in [0, 0.05) is 25.4 Å². The Morgan fingerprint density at radius 1 is 1.24 bits per heavy atom. The summed E-state index contributed by atoms with van der Waals surface area (Å²) < 4.78 is 41.8. The number of nitrogens with zero attached hydrogens (tertiary/aromatic N) is 4. The first-order chi connectivity index (χ1) is 13.8. The summed E-state index contributed by atoms with van der Waals surface area (Å²) >= 11 is 5.62. The van der Waals surface area contributed by atoms with Gasteiger partial charge in [-0.25, -0.2) is 22.5 Å². The van der Waals surface area contributed by atoms with Crippen LogP contribution in [0.3, 0.4) is 0 Å². The van der Waals surface area contributed by atoms with Gasteiger partial charge >= 0.3 is 0 Å². The lowest BCUT2D eigenvalue weighted by molar-refractivity contribution is 0.0977. The van der Waals surface area contributed by atoms with E-state index in [2.05, 4.69) is 19.8 Å². The van der Waals surface area contributed by atoms with Crippen LogP contribution in [0.5, 0.6) is 0 Å². The van der Waals surface area contributed by atoms with Gasteiger partial charge in [-0.05, 0) is 30.7 Å². The second-order valence-electron chi connectivity index (χ2n) is 6.16. The molecule has 0 aliphatic heterocycles. The van der Waals surface area contributed by atoms with Crippen LogP contribution in [0, 0.1) is 5.82 Å². The molecule has 2 aromatic heterocycles. The second-order valence-corrected chi connectivity index (χ2v) is 8.34. The number of nitrogens with one attached hydrogen (secondary N) is 1. The number of Topliss-reactive ketones (excluding diaryl/α,β-unsaturated/α-hetero) is 1. The third kappa shape index (κ3) is 5.22. The molecule has 1 aromatic carbocycles. The summed E-state index contributed by atoms with van der Waals surface area (Å²) in [4.78, 5) is 20.2. The molecule has 0 saturated carbocycles. The quantitative estimate of drug-likeness (QED) is 0.542. The summed E-state index contributed by atoms with van der Waals surface area (Å²) in [5, 5.41) is 3.76. The number of sulfonamides is 1. The van der Waals surface area contributed by atoms with Crippen LogP contribution in [0.25, 0.3) is 0 Å². The largest absolute Gasteiger partial charge is 0.292 e. The number of aromatic nitrogens is 4. The van der Waals surface area contributed by atoms with Gasteiger partial charge in [0.25, 0.3) is 0 Å². The van der Waals surface area contributed by atoms with E-state index in [0.717, 1.165) is 23.9 Å². The van der Waals surface area contributed by atoms with E-state index < -0.39 is 15.8 Å². The van der Waals surface area contributed by atoms with Crippen molar-refractivity contribution >= 4 is 27.4 Å². The first kappa shape index (κ1) is 21.0. The standard InChI is InChI=1S/C18H17ClFN5O3S/c1-25-13(6-7-23-25)2-5-18(26)17-11-21-12(9-22-17)10-24-29(27,28)14-3-4-16(20)15(19)8-14/h3-4,6-9,11,24H,2,5,10H2,1H3. The number of carbonyl (C=O) groups is 1. The lowest BCUT2D eigenvalue weighted by Gasteiger charge is -2.07. The van der Waals surface area contributed by atoms with E-state index in [0.29, 0.717) is 12.1 Å². The molecule has 2 heterocycles. The highest BCUT2D eigenvalue weighted by Gasteiger charge is 2.16. The van der Waals surface area contributed by atoms with Crippen molar-refractivity contribution in [2.24, 2.45) is 7.05 Å². The van der Waals surface area contributed by atoms with Crippen molar-refractivity contribution < 1.29 is 17.6 Å². The average molecular weight is 438 g/mol. The predicted molar refractivity (Wildman–Crippen MR) is 103 cm³/mol. The number of carbonyl (C=O) groups excluding carboxylic acids is 1. The summed E-state index contributed by atoms with van der Waals surface area (Å²) in [6.45, 7) is -0.145. The van der Waals surface area contributed by atoms with Crippen LogP contribution in [-0.2, 0) is 30.0 Å². The van der Waals surface area contributed by atoms with Gasteiger partial charge in [-0.2, -0.15) is 5.10 Å². The number of hydrogen-bond acceptors (Lipinski definition) is 6. The van der Waals surface area contributed by atoms with Gasteiger partial charge in [0.2, 0.25) is 10.0 Å². The van der Waals surface area contributed by atoms with Gasteiger partial charge in [-0.15, -0.1) is 0 Å². The Bertz CT molecular complexity index is 1130. The van der Waals surface area contributed by atoms with Crippen molar-refractivity contribution in [2.75, 3.05) is 0 Å². The van der Waals surface area contributed by atoms with Crippen molar-refractivity contribution in [3.63, 3.8) is 0 Å². The van der Waals surface area contributed by atoms with Crippen molar-refractivity contribution in [2.45, 2.75) is 24.3 Å². The van der Waals surface area contributed by atoms with E-state index in [1.807, 2.05) is 6.07 Å². The highest BCUT2D eigenvalue weighted by molar-refractivity contribution is 7.89. The number of aryl methyl sites for hydroxylation is 2. The van der Waals surface area contributed by atoms with Crippen LogP contribution in [0.15, 0.2) is 47.8 Å². The molecule has 3 rings (SSSR count). The maximum Gasteiger partial charge on any atom is 0.240 e. The molecule has 0 radical (unpaired) electrons. The van der Waals surface area contributed by atoms with E-state index in [-0.39, 0.29) is 34.4 Å². The molecule has 0 saturated heterocycles. The first-order valence-electron chi connectivity index (χ1n) is 8.52. The number of hydrogen-bond donors (Lipinski definition) is 1. The fourth-order valence-corrected chi connectivity index (χ4v) is 3.77. The zero-order chi connectivity index (χ0) is 21.0. The Labute approximate surface area is 171 Å². The number of ketones is 1. The molecule has 0 aliphatic rings. The lowest BCUT2D eigenvalue weighted by atomic mass is 10.1. The molecule has 3 aromatic rings. The smallest absolute Gasteiger partial charge is 0.240 e. The summed E-state index contributed by atoms with van der Waals surface area (Å²) in [6, 6.07) is 4.94. The van der Waals surface area contributed by atoms with Gasteiger partial charge in [-0.3, -0.25) is 14.5 Å². The van der Waals surface area contributed by atoms with Crippen LogP contribution < -0.4 is 4.72 Å². The van der Waals surface area contributed by atoms with Crippen molar-refractivity contribution in [3.8, 4) is 0 Å². The first-order valence-corrected chi connectivity index (χ1v) is 10.4. The molecule has 152 valence electrons. The average Bonchev–Trinajstić information content (AvgIpc) is 3.12. The van der Waals surface area contributed by atoms with Crippen LogP contribution in [0.1, 0.15) is 28.3 Å². The fraction of sp³-hybridized carbons (Fsp3) is 0.222. The highest BCUT2D eigenvalue weighted by Crippen LogP contribution is 2.19. The topological polar surface area (TPSA) is 107 Å². The predicted octanol–water partition coefficient (Wildman–Crippen LogP) is 2.30. The SMILES string of the molecule is Cn1nccc1CCC(=O)c1cnc(CNS(=O)(=O)c2ccc(F)c(Cl)c2)cn1. The molecule has 0 atom stereocenters. The fourth-order valence-electron chi connectivity index (χ4n) is 2.50. The maximum atomic E-state index is 13.2. The Hall–Kier alpha value is -2.69. The number of rotatable bonds is 8. The van der Waals surface area contributed by atoms with E-state index in [9.17, 15) is 17.6 Å². The highest BCUT2D eigenvalue weighted by atomic mass is 35.5. The summed E-state index contributed by atoms with van der Waals surface area (Å²) in [6.07, 6.45) is 5.08. The van der Waals surface area contributed by atoms with Crippen LogP contribution in [-0.4, -0.2) is 33.9 Å². The van der Waals surface area contributed by atoms with Crippen LogP contribution in [0.2, 0.25) is 5.02 Å². The van der Waals surface area contributed by atoms with E-state index in [4.69, 9.17) is 11.6 Å². The third-order valence-electron chi connectivity index (χ3n) is 4.17. The minimum Gasteiger partial charge on any atom is -0.292 e. The molecular formula is C18H17ClFN5O3S. The molecule has 0 unspecified atom stereocenters. The Morgan fingerprint density at radius 3 is 2.66 bits per heavy atom. The maximum absolute atomic E-state index is 13.2. The number of halogens is 2. The minimum atomic E-state index is -3.91. The zero-order valence-corrected chi connectivity index (χ0v) is 16.9. The second kappa shape index (κ2) is 8.76. The van der Waals surface area contributed by atoms with Crippen molar-refractivity contribution in [1.82, 2.24) is 24.5 Å². The zero-order valence-electron chi connectivity index (χ0n) is 15.3. The molecule has 0 aliphatic carbocycles. The molecule has 29 heavy (non-hydrogen) atoms. The molecule has 0 fully saturated rings. The molecule has 11 heteroatoms. The van der Waals surface area contributed by atoms with Gasteiger partial charge in [0.15, 0.2) is 5.78 Å². The molecule has 8 nitrogen and oxygen atoms in total.